The van der Waals surface area contributed by atoms with Gasteiger partial charge in [-0.15, -0.1) is 0 Å². The van der Waals surface area contributed by atoms with Crippen LogP contribution in [0, 0.1) is 11.8 Å². The number of hydrogen-bond acceptors (Lipinski definition) is 4. The van der Waals surface area contributed by atoms with Crippen LogP contribution in [0.25, 0.3) is 0 Å². The fourth-order valence-corrected chi connectivity index (χ4v) is 2.53. The Hall–Kier alpha value is -2.89. The zero-order valence-electron chi connectivity index (χ0n) is 13.2. The van der Waals surface area contributed by atoms with Crippen LogP contribution in [0.15, 0.2) is 48.8 Å². The van der Waals surface area contributed by atoms with Crippen molar-refractivity contribution in [1.82, 2.24) is 10.3 Å². The van der Waals surface area contributed by atoms with Crippen LogP contribution in [0.2, 0.25) is 0 Å². The third-order valence-corrected chi connectivity index (χ3v) is 4.05. The van der Waals surface area contributed by atoms with Gasteiger partial charge in [-0.1, -0.05) is 12.1 Å². The Kier molecular flexibility index (Phi) is 4.46. The maximum Gasteiger partial charge on any atom is 0.307 e. The first-order chi connectivity index (χ1) is 11.5. The monoisotopic (exact) mass is 326 g/mol. The lowest BCUT2D eigenvalue weighted by molar-refractivity contribution is -0.140. The van der Waals surface area contributed by atoms with Crippen molar-refractivity contribution in [2.75, 3.05) is 0 Å². The van der Waals surface area contributed by atoms with E-state index < -0.39 is 17.8 Å². The number of carbonyl (C=O) groups excluding carboxylic acids is 1. The van der Waals surface area contributed by atoms with Gasteiger partial charge >= 0.3 is 5.97 Å². The van der Waals surface area contributed by atoms with Gasteiger partial charge in [-0.25, -0.2) is 0 Å². The largest absolute Gasteiger partial charge is 0.481 e. The van der Waals surface area contributed by atoms with E-state index in [1.807, 2.05) is 37.3 Å². The van der Waals surface area contributed by atoms with E-state index in [9.17, 15) is 9.59 Å². The summed E-state index contributed by atoms with van der Waals surface area (Å²) in [5.41, 5.74) is 0.925. The second-order valence-corrected chi connectivity index (χ2v) is 5.88. The quantitative estimate of drug-likeness (QED) is 0.852. The highest BCUT2D eigenvalue weighted by atomic mass is 16.5. The van der Waals surface area contributed by atoms with Crippen molar-refractivity contribution < 1.29 is 19.4 Å². The van der Waals surface area contributed by atoms with Crippen LogP contribution < -0.4 is 10.1 Å². The van der Waals surface area contributed by atoms with Gasteiger partial charge in [0.1, 0.15) is 11.5 Å². The second-order valence-electron chi connectivity index (χ2n) is 5.88. The summed E-state index contributed by atoms with van der Waals surface area (Å²) in [7, 11) is 0. The third kappa shape index (κ3) is 3.71. The van der Waals surface area contributed by atoms with E-state index in [4.69, 9.17) is 9.84 Å². The number of benzene rings is 1. The number of carboxylic acids is 1. The molecule has 2 aromatic rings. The summed E-state index contributed by atoms with van der Waals surface area (Å²) in [4.78, 5) is 26.8. The molecule has 0 saturated heterocycles. The molecule has 3 atom stereocenters. The number of ether oxygens (including phenoxy) is 1. The molecule has 1 unspecified atom stereocenters. The molecule has 3 rings (SSSR count). The minimum atomic E-state index is -0.903. The Balaban J connectivity index is 1.57. The Bertz CT molecular complexity index is 730. The van der Waals surface area contributed by atoms with Gasteiger partial charge in [0.2, 0.25) is 5.91 Å². The van der Waals surface area contributed by atoms with Crippen LogP contribution in [0.4, 0.5) is 0 Å². The van der Waals surface area contributed by atoms with Crippen LogP contribution in [0.5, 0.6) is 11.5 Å². The molecule has 0 bridgehead atoms. The summed E-state index contributed by atoms with van der Waals surface area (Å²) in [5, 5.41) is 11.7. The average molecular weight is 326 g/mol. The third-order valence-electron chi connectivity index (χ3n) is 4.05. The Morgan fingerprint density at radius 3 is 2.54 bits per heavy atom. The Morgan fingerprint density at radius 1 is 1.21 bits per heavy atom. The fourth-order valence-electron chi connectivity index (χ4n) is 2.53. The molecule has 124 valence electrons. The predicted molar refractivity (Wildman–Crippen MR) is 86.5 cm³/mol. The number of carboxylic acid groups (broad SMARTS) is 1. The Morgan fingerprint density at radius 2 is 1.96 bits per heavy atom. The molecule has 1 heterocycles. The van der Waals surface area contributed by atoms with Gasteiger partial charge in [-0.2, -0.15) is 0 Å². The number of nitrogens with one attached hydrogen (secondary N) is 1. The smallest absolute Gasteiger partial charge is 0.307 e. The highest BCUT2D eigenvalue weighted by Gasteiger charge is 2.48. The van der Waals surface area contributed by atoms with Crippen molar-refractivity contribution in [3.63, 3.8) is 0 Å². The topological polar surface area (TPSA) is 88.5 Å². The van der Waals surface area contributed by atoms with E-state index in [1.54, 1.807) is 18.5 Å². The van der Waals surface area contributed by atoms with Gasteiger partial charge in [-0.3, -0.25) is 14.6 Å². The van der Waals surface area contributed by atoms with Crippen molar-refractivity contribution in [3.05, 3.63) is 54.4 Å². The predicted octanol–water partition coefficient (Wildman–Crippen LogP) is 2.77. The molecule has 2 N–H and O–H groups in total. The molecule has 6 nitrogen and oxygen atoms in total. The number of hydrogen-bond donors (Lipinski definition) is 2. The number of nitrogens with zero attached hydrogens (tertiary/aromatic N) is 1. The molecule has 24 heavy (non-hydrogen) atoms. The second kappa shape index (κ2) is 6.70. The van der Waals surface area contributed by atoms with Crippen molar-refractivity contribution in [1.29, 1.82) is 0 Å². The number of carbonyl (C=O) groups is 2. The number of aromatic nitrogens is 1. The molecule has 1 aromatic carbocycles. The molecular formula is C18H18N2O4. The fraction of sp³-hybridized carbons (Fsp3) is 0.278. The van der Waals surface area contributed by atoms with E-state index in [-0.39, 0.29) is 11.9 Å². The van der Waals surface area contributed by atoms with Gasteiger partial charge in [0, 0.05) is 6.20 Å². The molecule has 0 radical (unpaired) electrons. The molecule has 1 fully saturated rings. The van der Waals surface area contributed by atoms with Crippen LogP contribution in [-0.2, 0) is 9.59 Å². The van der Waals surface area contributed by atoms with E-state index in [2.05, 4.69) is 10.3 Å². The summed E-state index contributed by atoms with van der Waals surface area (Å²) < 4.78 is 5.67. The lowest BCUT2D eigenvalue weighted by atomic mass is 10.1. The molecule has 0 spiro atoms. The summed E-state index contributed by atoms with van der Waals surface area (Å²) >= 11 is 0. The van der Waals surface area contributed by atoms with Crippen molar-refractivity contribution in [2.45, 2.75) is 19.4 Å². The lowest BCUT2D eigenvalue weighted by Gasteiger charge is -2.15. The summed E-state index contributed by atoms with van der Waals surface area (Å²) in [6.07, 6.45) is 3.73. The minimum absolute atomic E-state index is 0.194. The van der Waals surface area contributed by atoms with E-state index >= 15 is 0 Å². The summed E-state index contributed by atoms with van der Waals surface area (Å²) in [6, 6.07) is 10.8. The zero-order valence-corrected chi connectivity index (χ0v) is 13.2. The number of aliphatic carboxylic acids is 1. The first-order valence-corrected chi connectivity index (χ1v) is 7.75. The molecule has 1 aromatic heterocycles. The molecule has 1 saturated carbocycles. The lowest BCUT2D eigenvalue weighted by Crippen LogP contribution is -2.29. The van der Waals surface area contributed by atoms with Gasteiger partial charge in [-0.05, 0) is 43.2 Å². The van der Waals surface area contributed by atoms with Crippen molar-refractivity contribution in [2.24, 2.45) is 11.8 Å². The van der Waals surface area contributed by atoms with Crippen molar-refractivity contribution >= 4 is 11.9 Å². The molecular weight excluding hydrogens is 308 g/mol. The Labute approximate surface area is 139 Å². The number of pyridine rings is 1. The van der Waals surface area contributed by atoms with Crippen LogP contribution >= 0.6 is 0 Å². The summed E-state index contributed by atoms with van der Waals surface area (Å²) in [6.45, 7) is 1.87. The van der Waals surface area contributed by atoms with Crippen LogP contribution in [0.1, 0.15) is 24.9 Å². The van der Waals surface area contributed by atoms with Gasteiger partial charge in [0.15, 0.2) is 0 Å². The van der Waals surface area contributed by atoms with Gasteiger partial charge in [0.25, 0.3) is 0 Å². The molecule has 1 aliphatic rings. The normalized spacial score (nSPS) is 20.0. The molecule has 1 amide bonds. The van der Waals surface area contributed by atoms with E-state index in [0.717, 1.165) is 5.56 Å². The standard InChI is InChI=1S/C18H18N2O4/c1-11(20-17(21)15-9-16(15)18(22)23)12-4-6-13(7-5-12)24-14-3-2-8-19-10-14/h2-8,10-11,15-16H,9H2,1H3,(H,20,21)(H,22,23)/t11?,15-,16+/m1/s1. The molecule has 1 aliphatic carbocycles. The SMILES string of the molecule is CC(NC(=O)[C@@H]1C[C@@H]1C(=O)O)c1ccc(Oc2cccnc2)cc1. The number of amides is 1. The van der Waals surface area contributed by atoms with Gasteiger partial charge in [0.05, 0.1) is 24.1 Å². The highest BCUT2D eigenvalue weighted by molar-refractivity contribution is 5.89. The van der Waals surface area contributed by atoms with E-state index in [0.29, 0.717) is 17.9 Å². The van der Waals surface area contributed by atoms with Crippen molar-refractivity contribution in [3.8, 4) is 11.5 Å². The first-order valence-electron chi connectivity index (χ1n) is 7.75. The molecule has 0 aliphatic heterocycles. The zero-order chi connectivity index (χ0) is 17.1. The number of rotatable bonds is 6. The van der Waals surface area contributed by atoms with E-state index in [1.165, 1.54) is 0 Å². The minimum Gasteiger partial charge on any atom is -0.481 e. The first kappa shape index (κ1) is 16.0. The summed E-state index contributed by atoms with van der Waals surface area (Å²) in [5.74, 6) is -0.714. The van der Waals surface area contributed by atoms with Gasteiger partial charge < -0.3 is 15.2 Å². The maximum absolute atomic E-state index is 12.0. The van der Waals surface area contributed by atoms with Crippen LogP contribution in [-0.4, -0.2) is 22.0 Å². The molecule has 6 heteroatoms. The average Bonchev–Trinajstić information content (AvgIpc) is 3.37. The highest BCUT2D eigenvalue weighted by Crippen LogP contribution is 2.39. The van der Waals surface area contributed by atoms with Crippen LogP contribution in [0.3, 0.4) is 0 Å². The maximum atomic E-state index is 12.0.